The standard InChI is InChI=1S/C24H17Cl5N2O2/c1-12-4-2-3-5-17(12)22(32)31-19-11-16(6-7-18(19)27)30-23(33)21-20(24(21,28)29)13-8-14(25)10-15(26)9-13/h2-11,20-21H,1H3,(H,30,33)(H,31,32). The van der Waals surface area contributed by atoms with Crippen molar-refractivity contribution in [2.45, 2.75) is 17.2 Å². The van der Waals surface area contributed by atoms with E-state index in [1.165, 1.54) is 0 Å². The Bertz CT molecular complexity index is 1240. The van der Waals surface area contributed by atoms with Gasteiger partial charge in [0, 0.05) is 27.2 Å². The number of hydrogen-bond acceptors (Lipinski definition) is 2. The van der Waals surface area contributed by atoms with E-state index < -0.39 is 16.2 Å². The van der Waals surface area contributed by atoms with Crippen LogP contribution in [-0.4, -0.2) is 16.1 Å². The highest BCUT2D eigenvalue weighted by Crippen LogP contribution is 2.65. The zero-order valence-electron chi connectivity index (χ0n) is 17.1. The maximum absolute atomic E-state index is 13.0. The van der Waals surface area contributed by atoms with Crippen LogP contribution in [0.1, 0.15) is 27.4 Å². The smallest absolute Gasteiger partial charge is 0.255 e. The van der Waals surface area contributed by atoms with Crippen LogP contribution in [0.15, 0.2) is 60.7 Å². The first kappa shape index (κ1) is 24.2. The molecule has 0 aromatic heterocycles. The maximum Gasteiger partial charge on any atom is 0.255 e. The molecule has 2 unspecified atom stereocenters. The molecule has 0 radical (unpaired) electrons. The largest absolute Gasteiger partial charge is 0.326 e. The van der Waals surface area contributed by atoms with Gasteiger partial charge in [-0.2, -0.15) is 0 Å². The highest BCUT2D eigenvalue weighted by atomic mass is 35.5. The quantitative estimate of drug-likeness (QED) is 0.324. The van der Waals surface area contributed by atoms with E-state index in [2.05, 4.69) is 10.6 Å². The molecule has 3 aromatic rings. The summed E-state index contributed by atoms with van der Waals surface area (Å²) < 4.78 is -1.30. The first-order chi connectivity index (χ1) is 15.6. The minimum absolute atomic E-state index is 0.306. The Kier molecular flexibility index (Phi) is 6.86. The van der Waals surface area contributed by atoms with Crippen LogP contribution in [0.25, 0.3) is 0 Å². The molecule has 2 N–H and O–H groups in total. The van der Waals surface area contributed by atoms with Gasteiger partial charge in [-0.05, 0) is 60.5 Å². The summed E-state index contributed by atoms with van der Waals surface area (Å²) in [6, 6.07) is 17.0. The SMILES string of the molecule is Cc1ccccc1C(=O)Nc1cc(NC(=O)C2C(c3cc(Cl)cc(Cl)c3)C2(Cl)Cl)ccc1Cl. The number of rotatable bonds is 5. The minimum Gasteiger partial charge on any atom is -0.326 e. The molecule has 170 valence electrons. The van der Waals surface area contributed by atoms with Crippen LogP contribution in [0, 0.1) is 12.8 Å². The summed E-state index contributed by atoms with van der Waals surface area (Å²) in [4.78, 5) is 25.6. The van der Waals surface area contributed by atoms with Gasteiger partial charge in [0.1, 0.15) is 4.33 Å². The average molecular weight is 543 g/mol. The van der Waals surface area contributed by atoms with Crippen LogP contribution in [0.2, 0.25) is 15.1 Å². The Labute approximate surface area is 216 Å². The van der Waals surface area contributed by atoms with Crippen LogP contribution in [-0.2, 0) is 4.79 Å². The van der Waals surface area contributed by atoms with Gasteiger partial charge >= 0.3 is 0 Å². The molecular weight excluding hydrogens is 526 g/mol. The van der Waals surface area contributed by atoms with Gasteiger partial charge in [0.2, 0.25) is 5.91 Å². The average Bonchev–Trinajstić information content (AvgIpc) is 3.32. The number of halogens is 5. The molecule has 0 heterocycles. The summed E-state index contributed by atoms with van der Waals surface area (Å²) in [5.74, 6) is -1.86. The highest BCUT2D eigenvalue weighted by Gasteiger charge is 2.67. The van der Waals surface area contributed by atoms with Gasteiger partial charge in [-0.25, -0.2) is 0 Å². The van der Waals surface area contributed by atoms with Gasteiger partial charge in [0.15, 0.2) is 0 Å². The fourth-order valence-electron chi connectivity index (χ4n) is 3.76. The normalized spacial score (nSPS) is 18.5. The summed E-state index contributed by atoms with van der Waals surface area (Å²) in [5, 5.41) is 6.77. The van der Waals surface area contributed by atoms with Crippen molar-refractivity contribution in [3.8, 4) is 0 Å². The number of carbonyl (C=O) groups excluding carboxylic acids is 2. The van der Waals surface area contributed by atoms with E-state index in [-0.39, 0.29) is 11.8 Å². The molecule has 4 rings (SSSR count). The number of anilines is 2. The number of carbonyl (C=O) groups is 2. The molecule has 33 heavy (non-hydrogen) atoms. The van der Waals surface area contributed by atoms with Crippen LogP contribution in [0.4, 0.5) is 11.4 Å². The molecule has 2 atom stereocenters. The van der Waals surface area contributed by atoms with E-state index in [4.69, 9.17) is 58.0 Å². The fourth-order valence-corrected chi connectivity index (χ4v) is 5.29. The van der Waals surface area contributed by atoms with E-state index >= 15 is 0 Å². The first-order valence-corrected chi connectivity index (χ1v) is 11.8. The Morgan fingerprint density at radius 2 is 1.55 bits per heavy atom. The van der Waals surface area contributed by atoms with Crippen LogP contribution in [0.3, 0.4) is 0 Å². The summed E-state index contributed by atoms with van der Waals surface area (Å²) in [6.07, 6.45) is 0. The minimum atomic E-state index is -1.30. The van der Waals surface area contributed by atoms with Gasteiger partial charge in [-0.3, -0.25) is 9.59 Å². The predicted molar refractivity (Wildman–Crippen MR) is 136 cm³/mol. The van der Waals surface area contributed by atoms with Gasteiger partial charge in [-0.1, -0.05) is 53.0 Å². The lowest BCUT2D eigenvalue weighted by Gasteiger charge is -2.12. The number of alkyl halides is 2. The Morgan fingerprint density at radius 3 is 2.21 bits per heavy atom. The molecule has 0 aliphatic heterocycles. The van der Waals surface area contributed by atoms with Crippen LogP contribution in [0.5, 0.6) is 0 Å². The first-order valence-electron chi connectivity index (χ1n) is 9.89. The third kappa shape index (κ3) is 5.11. The third-order valence-electron chi connectivity index (χ3n) is 5.45. The van der Waals surface area contributed by atoms with Gasteiger partial charge in [0.25, 0.3) is 5.91 Å². The highest BCUT2D eigenvalue weighted by molar-refractivity contribution is 6.53. The molecule has 1 aliphatic rings. The summed E-state index contributed by atoms with van der Waals surface area (Å²) >= 11 is 31.3. The number of benzene rings is 3. The number of nitrogens with one attached hydrogen (secondary N) is 2. The monoisotopic (exact) mass is 540 g/mol. The molecule has 4 nitrogen and oxygen atoms in total. The van der Waals surface area contributed by atoms with Crippen molar-refractivity contribution in [3.63, 3.8) is 0 Å². The van der Waals surface area contributed by atoms with E-state index in [1.807, 2.05) is 19.1 Å². The van der Waals surface area contributed by atoms with Gasteiger partial charge < -0.3 is 10.6 Å². The lowest BCUT2D eigenvalue weighted by molar-refractivity contribution is -0.117. The summed E-state index contributed by atoms with van der Waals surface area (Å²) in [5.41, 5.74) is 2.83. The Morgan fingerprint density at radius 1 is 0.879 bits per heavy atom. The maximum atomic E-state index is 13.0. The molecule has 0 spiro atoms. The van der Waals surface area contributed by atoms with Crippen molar-refractivity contribution in [3.05, 3.63) is 92.4 Å². The second-order valence-corrected chi connectivity index (χ2v) is 10.5. The number of aryl methyl sites for hydroxylation is 1. The van der Waals surface area contributed by atoms with Gasteiger partial charge in [0.05, 0.1) is 16.6 Å². The summed E-state index contributed by atoms with van der Waals surface area (Å²) in [7, 11) is 0. The van der Waals surface area contributed by atoms with Crippen molar-refractivity contribution >= 4 is 81.2 Å². The van der Waals surface area contributed by atoms with E-state index in [0.717, 1.165) is 5.56 Å². The van der Waals surface area contributed by atoms with Crippen molar-refractivity contribution in [1.29, 1.82) is 0 Å². The fraction of sp³-hybridized carbons (Fsp3) is 0.167. The van der Waals surface area contributed by atoms with E-state index in [0.29, 0.717) is 37.6 Å². The molecule has 3 aromatic carbocycles. The topological polar surface area (TPSA) is 58.2 Å². The second kappa shape index (κ2) is 9.36. The third-order valence-corrected chi connectivity index (χ3v) is 7.16. The Balaban J connectivity index is 1.51. The lowest BCUT2D eigenvalue weighted by Crippen LogP contribution is -2.18. The number of hydrogen-bond donors (Lipinski definition) is 2. The molecular formula is C24H17Cl5N2O2. The molecule has 0 saturated heterocycles. The van der Waals surface area contributed by atoms with Crippen molar-refractivity contribution < 1.29 is 9.59 Å². The van der Waals surface area contributed by atoms with Crippen LogP contribution < -0.4 is 10.6 Å². The molecule has 1 saturated carbocycles. The Hall–Kier alpha value is -1.95. The summed E-state index contributed by atoms with van der Waals surface area (Å²) in [6.45, 7) is 1.84. The molecule has 1 fully saturated rings. The molecule has 2 amide bonds. The second-order valence-electron chi connectivity index (χ2n) is 7.79. The number of amides is 2. The predicted octanol–water partition coefficient (Wildman–Crippen LogP) is 7.73. The van der Waals surface area contributed by atoms with Crippen molar-refractivity contribution in [1.82, 2.24) is 0 Å². The van der Waals surface area contributed by atoms with Crippen molar-refractivity contribution in [2.24, 2.45) is 5.92 Å². The molecule has 9 heteroatoms. The molecule has 0 bridgehead atoms. The lowest BCUT2D eigenvalue weighted by atomic mass is 10.1. The van der Waals surface area contributed by atoms with Crippen LogP contribution >= 0.6 is 58.0 Å². The van der Waals surface area contributed by atoms with Crippen molar-refractivity contribution in [2.75, 3.05) is 10.6 Å². The van der Waals surface area contributed by atoms with E-state index in [9.17, 15) is 9.59 Å². The van der Waals surface area contributed by atoms with Gasteiger partial charge in [-0.15, -0.1) is 23.2 Å². The van der Waals surface area contributed by atoms with E-state index in [1.54, 1.807) is 48.5 Å². The zero-order valence-corrected chi connectivity index (χ0v) is 20.9. The zero-order chi connectivity index (χ0) is 23.9. The molecule has 1 aliphatic carbocycles.